The largest absolute Gasteiger partial charge is 0.389 e. The highest BCUT2D eigenvalue weighted by Crippen LogP contribution is 2.32. The van der Waals surface area contributed by atoms with E-state index in [2.05, 4.69) is 25.7 Å². The number of pyridine rings is 1. The molecule has 2 N–H and O–H groups in total. The van der Waals surface area contributed by atoms with Crippen molar-refractivity contribution in [2.45, 2.75) is 56.8 Å². The average molecular weight is 501 g/mol. The molecule has 0 aromatic carbocycles. The zero-order valence-corrected chi connectivity index (χ0v) is 19.8. The predicted molar refractivity (Wildman–Crippen MR) is 128 cm³/mol. The smallest absolute Gasteiger partial charge is 0.381 e. The Labute approximate surface area is 206 Å². The van der Waals surface area contributed by atoms with Crippen LogP contribution < -0.4 is 10.6 Å². The molecule has 0 radical (unpaired) electrons. The van der Waals surface area contributed by atoms with Gasteiger partial charge in [-0.2, -0.15) is 18.3 Å². The maximum atomic E-state index is 13.1. The third kappa shape index (κ3) is 5.20. The maximum Gasteiger partial charge on any atom is 0.389 e. The van der Waals surface area contributed by atoms with Crippen molar-refractivity contribution in [1.82, 2.24) is 24.9 Å². The van der Waals surface area contributed by atoms with Gasteiger partial charge in [0.15, 0.2) is 0 Å². The van der Waals surface area contributed by atoms with E-state index in [1.54, 1.807) is 30.2 Å². The number of methoxy groups -OCH3 is 1. The minimum absolute atomic E-state index is 0.102. The highest BCUT2D eigenvalue weighted by atomic mass is 19.4. The Morgan fingerprint density at radius 2 is 2.06 bits per heavy atom. The fourth-order valence-electron chi connectivity index (χ4n) is 4.79. The average Bonchev–Trinajstić information content (AvgIpc) is 3.30. The Kier molecular flexibility index (Phi) is 6.65. The van der Waals surface area contributed by atoms with Gasteiger partial charge in [0.1, 0.15) is 11.6 Å². The second kappa shape index (κ2) is 9.88. The third-order valence-electron chi connectivity index (χ3n) is 6.76. The number of carbonyl (C=O) groups is 1. The van der Waals surface area contributed by atoms with Crippen LogP contribution in [0.25, 0.3) is 11.1 Å². The van der Waals surface area contributed by atoms with E-state index in [0.29, 0.717) is 29.0 Å². The minimum Gasteiger partial charge on any atom is -0.381 e. The Morgan fingerprint density at radius 3 is 2.81 bits per heavy atom. The summed E-state index contributed by atoms with van der Waals surface area (Å²) in [7, 11) is 1.72. The van der Waals surface area contributed by atoms with Crippen LogP contribution in [0.2, 0.25) is 0 Å². The van der Waals surface area contributed by atoms with Crippen LogP contribution >= 0.6 is 0 Å². The summed E-state index contributed by atoms with van der Waals surface area (Å²) in [5.41, 5.74) is 3.53. The van der Waals surface area contributed by atoms with Crippen molar-refractivity contribution < 1.29 is 22.7 Å². The van der Waals surface area contributed by atoms with Crippen LogP contribution in [0.3, 0.4) is 0 Å². The molecule has 3 aromatic rings. The van der Waals surface area contributed by atoms with Gasteiger partial charge >= 0.3 is 6.18 Å². The van der Waals surface area contributed by atoms with Gasteiger partial charge in [-0.15, -0.1) is 0 Å². The predicted octanol–water partition coefficient (Wildman–Crippen LogP) is 4.16. The molecule has 1 aliphatic heterocycles. The zero-order chi connectivity index (χ0) is 25.3. The van der Waals surface area contributed by atoms with Gasteiger partial charge in [0.25, 0.3) is 5.91 Å². The Hall–Kier alpha value is -3.47. The Morgan fingerprint density at radius 1 is 1.25 bits per heavy atom. The minimum atomic E-state index is -4.26. The number of anilines is 1. The number of alkyl halides is 3. The van der Waals surface area contributed by atoms with E-state index in [9.17, 15) is 18.0 Å². The van der Waals surface area contributed by atoms with Crippen molar-refractivity contribution in [3.8, 4) is 0 Å². The van der Waals surface area contributed by atoms with E-state index < -0.39 is 12.6 Å². The summed E-state index contributed by atoms with van der Waals surface area (Å²) in [4.78, 5) is 21.6. The Balaban J connectivity index is 1.37. The first kappa shape index (κ1) is 24.2. The number of fused-ring (bicyclic) bond motifs is 2. The summed E-state index contributed by atoms with van der Waals surface area (Å²) in [6.07, 6.45) is 5.21. The Bertz CT molecular complexity index is 1290. The molecule has 0 spiro atoms. The van der Waals surface area contributed by atoms with E-state index in [1.807, 2.05) is 18.2 Å². The molecule has 5 rings (SSSR count). The van der Waals surface area contributed by atoms with Crippen LogP contribution in [-0.4, -0.2) is 57.5 Å². The number of nitrogens with one attached hydrogen (secondary N) is 2. The normalized spacial score (nSPS) is 19.9. The van der Waals surface area contributed by atoms with Crippen molar-refractivity contribution in [1.29, 1.82) is 0 Å². The summed E-state index contributed by atoms with van der Waals surface area (Å²) < 4.78 is 44.8. The number of halogens is 3. The van der Waals surface area contributed by atoms with Crippen LogP contribution in [0.15, 0.2) is 36.8 Å². The highest BCUT2D eigenvalue weighted by molar-refractivity contribution is 6.01. The molecule has 3 aromatic heterocycles. The van der Waals surface area contributed by atoms with Crippen LogP contribution in [0, 0.1) is 0 Å². The summed E-state index contributed by atoms with van der Waals surface area (Å²) in [6.45, 7) is 0.472. The molecule has 8 nitrogen and oxygen atoms in total. The lowest BCUT2D eigenvalue weighted by Gasteiger charge is -2.28. The van der Waals surface area contributed by atoms with Crippen LogP contribution in [0.1, 0.15) is 59.4 Å². The highest BCUT2D eigenvalue weighted by Gasteiger charge is 2.28. The molecule has 1 aliphatic carbocycles. The molecular weight excluding hydrogens is 473 g/mol. The van der Waals surface area contributed by atoms with Crippen LogP contribution in [0.4, 0.5) is 19.0 Å². The molecule has 36 heavy (non-hydrogen) atoms. The first-order valence-corrected chi connectivity index (χ1v) is 12.0. The van der Waals surface area contributed by atoms with Gasteiger partial charge in [0, 0.05) is 44.1 Å². The molecule has 11 heteroatoms. The summed E-state index contributed by atoms with van der Waals surface area (Å²) in [6, 6.07) is 3.87. The fourth-order valence-corrected chi connectivity index (χ4v) is 4.79. The number of aryl methyl sites for hydroxylation is 1. The van der Waals surface area contributed by atoms with Gasteiger partial charge in [0.05, 0.1) is 29.8 Å². The number of rotatable bonds is 6. The fraction of sp³-hybridized carbons (Fsp3) is 0.440. The van der Waals surface area contributed by atoms with Crippen LogP contribution in [0.5, 0.6) is 0 Å². The SMILES string of the molecule is COC1CCC(NC(=O)c2cnn3ccc(C4=CCNc5nc(CCC(F)(F)F)ncc54)cc23)CC1. The van der Waals surface area contributed by atoms with E-state index >= 15 is 0 Å². The maximum absolute atomic E-state index is 13.1. The standard InChI is InChI=1S/C25H27F3N6O2/c1-36-17-4-2-16(3-5-17)32-24(35)20-14-31-34-11-8-15(12-21(20)34)18-7-10-29-23-19(18)13-30-22(33-23)6-9-25(26,27)28/h7-8,11-14,16-17H,2-6,9-10H2,1H3,(H,32,35)(H,29,30,33). The van der Waals surface area contributed by atoms with Crippen molar-refractivity contribution in [3.05, 3.63) is 59.3 Å². The number of hydrogen-bond donors (Lipinski definition) is 2. The van der Waals surface area contributed by atoms with Crippen LogP contribution in [-0.2, 0) is 11.2 Å². The zero-order valence-electron chi connectivity index (χ0n) is 19.8. The lowest BCUT2D eigenvalue weighted by atomic mass is 9.93. The lowest BCUT2D eigenvalue weighted by molar-refractivity contribution is -0.134. The molecule has 1 amide bonds. The molecule has 2 aliphatic rings. The lowest BCUT2D eigenvalue weighted by Crippen LogP contribution is -2.38. The van der Waals surface area contributed by atoms with Crippen molar-refractivity contribution in [2.24, 2.45) is 0 Å². The van der Waals surface area contributed by atoms with E-state index in [-0.39, 0.29) is 30.3 Å². The second-order valence-electron chi connectivity index (χ2n) is 9.15. The summed E-state index contributed by atoms with van der Waals surface area (Å²) in [5, 5.41) is 10.6. The van der Waals surface area contributed by atoms with E-state index in [0.717, 1.165) is 36.8 Å². The molecule has 0 unspecified atom stereocenters. The van der Waals surface area contributed by atoms with Crippen molar-refractivity contribution in [3.63, 3.8) is 0 Å². The molecular formula is C25H27F3N6O2. The number of amides is 1. The van der Waals surface area contributed by atoms with Gasteiger partial charge in [-0.25, -0.2) is 14.5 Å². The monoisotopic (exact) mass is 500 g/mol. The van der Waals surface area contributed by atoms with Gasteiger partial charge in [0.2, 0.25) is 0 Å². The van der Waals surface area contributed by atoms with Crippen molar-refractivity contribution >= 4 is 22.8 Å². The molecule has 1 fully saturated rings. The summed E-state index contributed by atoms with van der Waals surface area (Å²) in [5.74, 6) is 0.475. The number of hydrogen-bond acceptors (Lipinski definition) is 6. The van der Waals surface area contributed by atoms with Gasteiger partial charge in [-0.1, -0.05) is 6.08 Å². The molecule has 4 heterocycles. The van der Waals surface area contributed by atoms with Gasteiger partial charge in [-0.05, 0) is 49.0 Å². The van der Waals surface area contributed by atoms with E-state index in [4.69, 9.17) is 4.74 Å². The molecule has 1 saturated carbocycles. The second-order valence-corrected chi connectivity index (χ2v) is 9.15. The molecule has 0 atom stereocenters. The first-order valence-electron chi connectivity index (χ1n) is 12.0. The number of aromatic nitrogens is 4. The number of ether oxygens (including phenoxy) is 1. The molecule has 0 bridgehead atoms. The van der Waals surface area contributed by atoms with Gasteiger partial charge < -0.3 is 15.4 Å². The topological polar surface area (TPSA) is 93.4 Å². The molecule has 190 valence electrons. The summed E-state index contributed by atoms with van der Waals surface area (Å²) >= 11 is 0. The molecule has 0 saturated heterocycles. The van der Waals surface area contributed by atoms with Crippen molar-refractivity contribution in [2.75, 3.05) is 19.0 Å². The first-order chi connectivity index (χ1) is 17.3. The quantitative estimate of drug-likeness (QED) is 0.528. The van der Waals surface area contributed by atoms with Gasteiger partial charge in [-0.3, -0.25) is 4.79 Å². The number of nitrogens with zero attached hydrogens (tertiary/aromatic N) is 4. The third-order valence-corrected chi connectivity index (χ3v) is 6.76. The number of carbonyl (C=O) groups excluding carboxylic acids is 1. The van der Waals surface area contributed by atoms with E-state index in [1.165, 1.54) is 0 Å².